The van der Waals surface area contributed by atoms with E-state index in [1.165, 1.54) is 24.5 Å². The zero-order valence-corrected chi connectivity index (χ0v) is 11.6. The number of nitrogens with zero attached hydrogens (tertiary/aromatic N) is 1. The Morgan fingerprint density at radius 3 is 2.90 bits per heavy atom. The number of rotatable bonds is 6. The Bertz CT molecular complexity index is 590. The van der Waals surface area contributed by atoms with Gasteiger partial charge in [0, 0.05) is 43.2 Å². The van der Waals surface area contributed by atoms with Crippen molar-refractivity contribution in [2.24, 2.45) is 0 Å². The van der Waals surface area contributed by atoms with E-state index in [1.54, 1.807) is 19.2 Å². The molecule has 1 fully saturated rings. The van der Waals surface area contributed by atoms with Gasteiger partial charge in [0.1, 0.15) is 11.6 Å². The van der Waals surface area contributed by atoms with Crippen LogP contribution in [-0.2, 0) is 13.1 Å². The SMILES string of the molecule is COc1ccc(Cn2ccc(CNC3CC3)c2)c(F)c1. The minimum absolute atomic E-state index is 0.226. The maximum atomic E-state index is 13.9. The number of hydrogen-bond donors (Lipinski definition) is 1. The highest BCUT2D eigenvalue weighted by molar-refractivity contribution is 5.29. The molecule has 0 saturated heterocycles. The zero-order chi connectivity index (χ0) is 13.9. The Balaban J connectivity index is 1.64. The first-order valence-corrected chi connectivity index (χ1v) is 6.95. The van der Waals surface area contributed by atoms with E-state index in [2.05, 4.69) is 17.6 Å². The molecule has 3 nitrogen and oxygen atoms in total. The van der Waals surface area contributed by atoms with Crippen LogP contribution >= 0.6 is 0 Å². The van der Waals surface area contributed by atoms with Crippen molar-refractivity contribution in [3.05, 3.63) is 53.6 Å². The number of halogens is 1. The molecular weight excluding hydrogens is 255 g/mol. The summed E-state index contributed by atoms with van der Waals surface area (Å²) in [7, 11) is 1.54. The first kappa shape index (κ1) is 13.2. The van der Waals surface area contributed by atoms with Gasteiger partial charge >= 0.3 is 0 Å². The molecule has 1 saturated carbocycles. The van der Waals surface area contributed by atoms with Crippen molar-refractivity contribution in [1.29, 1.82) is 0 Å². The molecule has 1 aromatic carbocycles. The van der Waals surface area contributed by atoms with Crippen LogP contribution in [0.15, 0.2) is 36.7 Å². The molecule has 1 aliphatic carbocycles. The summed E-state index contributed by atoms with van der Waals surface area (Å²) >= 11 is 0. The number of hydrogen-bond acceptors (Lipinski definition) is 2. The van der Waals surface area contributed by atoms with E-state index >= 15 is 0 Å². The Hall–Kier alpha value is -1.81. The predicted octanol–water partition coefficient (Wildman–Crippen LogP) is 2.94. The second-order valence-corrected chi connectivity index (χ2v) is 5.30. The molecule has 4 heteroatoms. The largest absolute Gasteiger partial charge is 0.497 e. The van der Waals surface area contributed by atoms with Crippen LogP contribution in [0.1, 0.15) is 24.0 Å². The highest BCUT2D eigenvalue weighted by Crippen LogP contribution is 2.20. The number of ether oxygens (including phenoxy) is 1. The summed E-state index contributed by atoms with van der Waals surface area (Å²) in [6.07, 6.45) is 6.64. The van der Waals surface area contributed by atoms with Gasteiger partial charge in [-0.05, 0) is 30.5 Å². The molecule has 0 aliphatic heterocycles. The summed E-state index contributed by atoms with van der Waals surface area (Å²) in [6.45, 7) is 1.43. The maximum Gasteiger partial charge on any atom is 0.131 e. The number of benzene rings is 1. The first-order valence-electron chi connectivity index (χ1n) is 6.95. The second kappa shape index (κ2) is 5.67. The summed E-state index contributed by atoms with van der Waals surface area (Å²) in [5, 5.41) is 3.47. The summed E-state index contributed by atoms with van der Waals surface area (Å²) in [5.41, 5.74) is 1.91. The van der Waals surface area contributed by atoms with Gasteiger partial charge in [0.2, 0.25) is 0 Å². The van der Waals surface area contributed by atoms with E-state index < -0.39 is 0 Å². The summed E-state index contributed by atoms with van der Waals surface area (Å²) < 4.78 is 20.9. The zero-order valence-electron chi connectivity index (χ0n) is 11.6. The lowest BCUT2D eigenvalue weighted by Crippen LogP contribution is -2.14. The van der Waals surface area contributed by atoms with Crippen molar-refractivity contribution in [2.45, 2.75) is 32.0 Å². The van der Waals surface area contributed by atoms with E-state index in [4.69, 9.17) is 4.74 Å². The van der Waals surface area contributed by atoms with Crippen LogP contribution in [0.2, 0.25) is 0 Å². The van der Waals surface area contributed by atoms with Gasteiger partial charge in [-0.25, -0.2) is 4.39 Å². The quantitative estimate of drug-likeness (QED) is 0.876. The molecule has 3 rings (SSSR count). The van der Waals surface area contributed by atoms with Gasteiger partial charge in [-0.1, -0.05) is 6.07 Å². The van der Waals surface area contributed by atoms with Crippen molar-refractivity contribution >= 4 is 0 Å². The average molecular weight is 274 g/mol. The third kappa shape index (κ3) is 3.20. The van der Waals surface area contributed by atoms with Crippen molar-refractivity contribution in [3.8, 4) is 5.75 Å². The van der Waals surface area contributed by atoms with Gasteiger partial charge in [-0.2, -0.15) is 0 Å². The van der Waals surface area contributed by atoms with Crippen molar-refractivity contribution in [1.82, 2.24) is 9.88 Å². The summed E-state index contributed by atoms with van der Waals surface area (Å²) in [4.78, 5) is 0. The van der Waals surface area contributed by atoms with Gasteiger partial charge < -0.3 is 14.6 Å². The van der Waals surface area contributed by atoms with E-state index in [9.17, 15) is 4.39 Å². The molecule has 0 spiro atoms. The summed E-state index contributed by atoms with van der Waals surface area (Å²) in [5.74, 6) is 0.323. The van der Waals surface area contributed by atoms with E-state index in [-0.39, 0.29) is 5.82 Å². The third-order valence-electron chi connectivity index (χ3n) is 3.60. The molecule has 2 aromatic rings. The lowest BCUT2D eigenvalue weighted by molar-refractivity contribution is 0.410. The molecule has 1 heterocycles. The normalized spacial score (nSPS) is 14.5. The van der Waals surface area contributed by atoms with Crippen LogP contribution in [0.3, 0.4) is 0 Å². The van der Waals surface area contributed by atoms with Gasteiger partial charge in [0.15, 0.2) is 0 Å². The fraction of sp³-hybridized carbons (Fsp3) is 0.375. The fourth-order valence-electron chi connectivity index (χ4n) is 2.22. The molecule has 0 bridgehead atoms. The number of nitrogens with one attached hydrogen (secondary N) is 1. The van der Waals surface area contributed by atoms with Crippen LogP contribution in [0.5, 0.6) is 5.75 Å². The molecule has 1 N–H and O–H groups in total. The smallest absolute Gasteiger partial charge is 0.131 e. The minimum atomic E-state index is -0.226. The van der Waals surface area contributed by atoms with Crippen molar-refractivity contribution in [3.63, 3.8) is 0 Å². The summed E-state index contributed by atoms with van der Waals surface area (Å²) in [6, 6.07) is 7.77. The third-order valence-corrected chi connectivity index (χ3v) is 3.60. The molecule has 20 heavy (non-hydrogen) atoms. The minimum Gasteiger partial charge on any atom is -0.497 e. The first-order chi connectivity index (χ1) is 9.74. The van der Waals surface area contributed by atoms with Crippen LogP contribution in [-0.4, -0.2) is 17.7 Å². The number of aromatic nitrogens is 1. The van der Waals surface area contributed by atoms with E-state index in [0.29, 0.717) is 23.9 Å². The lowest BCUT2D eigenvalue weighted by atomic mass is 10.2. The Labute approximate surface area is 118 Å². The topological polar surface area (TPSA) is 26.2 Å². The van der Waals surface area contributed by atoms with E-state index in [0.717, 1.165) is 6.54 Å². The molecule has 0 radical (unpaired) electrons. The molecule has 1 aromatic heterocycles. The fourth-order valence-corrected chi connectivity index (χ4v) is 2.22. The Kier molecular flexibility index (Phi) is 3.74. The Morgan fingerprint density at radius 1 is 1.35 bits per heavy atom. The van der Waals surface area contributed by atoms with Crippen LogP contribution in [0.25, 0.3) is 0 Å². The predicted molar refractivity (Wildman–Crippen MR) is 76.3 cm³/mol. The van der Waals surface area contributed by atoms with Gasteiger partial charge in [-0.15, -0.1) is 0 Å². The van der Waals surface area contributed by atoms with Gasteiger partial charge in [0.25, 0.3) is 0 Å². The van der Waals surface area contributed by atoms with Crippen molar-refractivity contribution in [2.75, 3.05) is 7.11 Å². The van der Waals surface area contributed by atoms with Crippen LogP contribution < -0.4 is 10.1 Å². The standard InChI is InChI=1S/C16H19FN2O/c1-20-15-5-2-13(16(17)8-15)11-19-7-6-12(10-19)9-18-14-3-4-14/h2,5-8,10,14,18H,3-4,9,11H2,1H3. The average Bonchev–Trinajstić information content (AvgIpc) is 3.18. The molecule has 0 unspecified atom stereocenters. The monoisotopic (exact) mass is 274 g/mol. The molecule has 0 atom stereocenters. The van der Waals surface area contributed by atoms with Crippen molar-refractivity contribution < 1.29 is 9.13 Å². The highest BCUT2D eigenvalue weighted by atomic mass is 19.1. The Morgan fingerprint density at radius 2 is 2.20 bits per heavy atom. The van der Waals surface area contributed by atoms with E-state index in [1.807, 2.05) is 10.8 Å². The highest BCUT2D eigenvalue weighted by Gasteiger charge is 2.19. The molecule has 0 amide bonds. The second-order valence-electron chi connectivity index (χ2n) is 5.30. The molecule has 1 aliphatic rings. The lowest BCUT2D eigenvalue weighted by Gasteiger charge is -2.07. The van der Waals surface area contributed by atoms with Gasteiger partial charge in [-0.3, -0.25) is 0 Å². The molecule has 106 valence electrons. The molecular formula is C16H19FN2O. The van der Waals surface area contributed by atoms with Crippen LogP contribution in [0.4, 0.5) is 4.39 Å². The number of methoxy groups -OCH3 is 1. The van der Waals surface area contributed by atoms with Gasteiger partial charge in [0.05, 0.1) is 7.11 Å². The van der Waals surface area contributed by atoms with Crippen LogP contribution in [0, 0.1) is 5.82 Å². The maximum absolute atomic E-state index is 13.9.